The summed E-state index contributed by atoms with van der Waals surface area (Å²) in [6.07, 6.45) is 2.91. The lowest BCUT2D eigenvalue weighted by Gasteiger charge is -2.21. The molecule has 3 rings (SSSR count). The van der Waals surface area contributed by atoms with E-state index in [2.05, 4.69) is 10.2 Å². The Bertz CT molecular complexity index is 536. The van der Waals surface area contributed by atoms with Crippen molar-refractivity contribution in [1.82, 2.24) is 10.2 Å². The molecule has 2 aliphatic rings. The summed E-state index contributed by atoms with van der Waals surface area (Å²) in [6, 6.07) is 7.93. The number of likely N-dealkylation sites (tertiary alicyclic amines) is 1. The van der Waals surface area contributed by atoms with Crippen molar-refractivity contribution in [3.63, 3.8) is 0 Å². The number of amides is 1. The molecule has 0 radical (unpaired) electrons. The number of nitrogens with one attached hydrogen (secondary N) is 1. The Hall–Kier alpha value is -1.26. The van der Waals surface area contributed by atoms with Gasteiger partial charge in [0, 0.05) is 13.1 Å². The molecule has 0 saturated carbocycles. The smallest absolute Gasteiger partial charge is 0.226 e. The normalized spacial score (nSPS) is 23.4. The van der Waals surface area contributed by atoms with Gasteiger partial charge in [0.1, 0.15) is 5.75 Å². The van der Waals surface area contributed by atoms with Gasteiger partial charge in [-0.25, -0.2) is 0 Å². The number of hydrogen-bond donors (Lipinski definition) is 1. The molecule has 24 heavy (non-hydrogen) atoms. The van der Waals surface area contributed by atoms with Crippen molar-refractivity contribution in [3.8, 4) is 5.75 Å². The maximum atomic E-state index is 12.6. The molecule has 1 N–H and O–H groups in total. The number of fused-ring (bicyclic) bond motifs is 1. The van der Waals surface area contributed by atoms with Gasteiger partial charge in [0.15, 0.2) is 0 Å². The fourth-order valence-electron chi connectivity index (χ4n) is 3.75. The van der Waals surface area contributed by atoms with Crippen LogP contribution in [-0.2, 0) is 11.2 Å². The number of carbonyl (C=O) groups is 1. The first-order valence-electron chi connectivity index (χ1n) is 8.86. The molecule has 134 valence electrons. The maximum absolute atomic E-state index is 12.6. The van der Waals surface area contributed by atoms with Crippen LogP contribution in [0.15, 0.2) is 24.3 Å². The van der Waals surface area contributed by atoms with Gasteiger partial charge in [-0.15, -0.1) is 12.4 Å². The first kappa shape index (κ1) is 19.1. The zero-order valence-electron chi connectivity index (χ0n) is 14.7. The van der Waals surface area contributed by atoms with Crippen molar-refractivity contribution in [2.75, 3.05) is 26.2 Å². The Morgan fingerprint density at radius 3 is 2.54 bits per heavy atom. The third-order valence-corrected chi connectivity index (χ3v) is 5.00. The highest BCUT2D eigenvalue weighted by Crippen LogP contribution is 2.27. The molecule has 1 amide bonds. The highest BCUT2D eigenvalue weighted by Gasteiger charge is 2.31. The molecule has 1 aromatic rings. The van der Waals surface area contributed by atoms with E-state index < -0.39 is 0 Å². The molecular formula is C19H29ClN2O2. The zero-order valence-corrected chi connectivity index (χ0v) is 15.5. The molecule has 0 aromatic heterocycles. The van der Waals surface area contributed by atoms with E-state index >= 15 is 0 Å². The topological polar surface area (TPSA) is 41.6 Å². The quantitative estimate of drug-likeness (QED) is 0.905. The first-order chi connectivity index (χ1) is 11.1. The Labute approximate surface area is 151 Å². The summed E-state index contributed by atoms with van der Waals surface area (Å²) in [4.78, 5) is 14.7. The van der Waals surface area contributed by atoms with Crippen LogP contribution in [0.2, 0.25) is 0 Å². The van der Waals surface area contributed by atoms with Crippen molar-refractivity contribution in [3.05, 3.63) is 29.8 Å². The van der Waals surface area contributed by atoms with Gasteiger partial charge in [-0.3, -0.25) is 4.79 Å². The predicted molar refractivity (Wildman–Crippen MR) is 98.8 cm³/mol. The third-order valence-electron chi connectivity index (χ3n) is 5.00. The zero-order chi connectivity index (χ0) is 16.2. The van der Waals surface area contributed by atoms with Gasteiger partial charge < -0.3 is 15.0 Å². The summed E-state index contributed by atoms with van der Waals surface area (Å²) in [5.41, 5.74) is 1.04. The van der Waals surface area contributed by atoms with Crippen LogP contribution in [0.25, 0.3) is 0 Å². The molecule has 2 heterocycles. The van der Waals surface area contributed by atoms with Gasteiger partial charge in [0.25, 0.3) is 0 Å². The van der Waals surface area contributed by atoms with Gasteiger partial charge in [-0.1, -0.05) is 12.1 Å². The summed E-state index contributed by atoms with van der Waals surface area (Å²) < 4.78 is 5.72. The molecule has 0 aliphatic carbocycles. The second-order valence-corrected chi connectivity index (χ2v) is 7.13. The molecule has 2 aliphatic heterocycles. The average Bonchev–Trinajstić information content (AvgIpc) is 2.85. The molecule has 4 nitrogen and oxygen atoms in total. The number of carbonyl (C=O) groups excluding carboxylic acids is 1. The molecule has 0 unspecified atom stereocenters. The second-order valence-electron chi connectivity index (χ2n) is 7.13. The van der Waals surface area contributed by atoms with Gasteiger partial charge in [0.2, 0.25) is 5.91 Å². The minimum absolute atomic E-state index is 0. The van der Waals surface area contributed by atoms with E-state index in [1.807, 2.05) is 38.1 Å². The predicted octanol–water partition coefficient (Wildman–Crippen LogP) is 2.90. The van der Waals surface area contributed by atoms with Gasteiger partial charge in [-0.05, 0) is 69.3 Å². The van der Waals surface area contributed by atoms with Crippen LogP contribution >= 0.6 is 12.4 Å². The summed E-state index contributed by atoms with van der Waals surface area (Å²) >= 11 is 0. The third kappa shape index (κ3) is 4.87. The van der Waals surface area contributed by atoms with E-state index in [9.17, 15) is 4.79 Å². The summed E-state index contributed by atoms with van der Waals surface area (Å²) in [6.45, 7) is 8.10. The summed E-state index contributed by atoms with van der Waals surface area (Å²) in [5.74, 6) is 2.62. The van der Waals surface area contributed by atoms with E-state index in [-0.39, 0.29) is 24.4 Å². The van der Waals surface area contributed by atoms with E-state index in [0.29, 0.717) is 6.42 Å². The monoisotopic (exact) mass is 352 g/mol. The van der Waals surface area contributed by atoms with Gasteiger partial charge in [-0.2, -0.15) is 0 Å². The van der Waals surface area contributed by atoms with Crippen molar-refractivity contribution < 1.29 is 9.53 Å². The largest absolute Gasteiger partial charge is 0.491 e. The number of benzene rings is 1. The number of rotatable bonds is 4. The van der Waals surface area contributed by atoms with Gasteiger partial charge >= 0.3 is 0 Å². The van der Waals surface area contributed by atoms with E-state index in [4.69, 9.17) is 4.74 Å². The lowest BCUT2D eigenvalue weighted by molar-refractivity contribution is -0.130. The average molecular weight is 353 g/mol. The van der Waals surface area contributed by atoms with Crippen LogP contribution < -0.4 is 10.1 Å². The molecule has 2 fully saturated rings. The highest BCUT2D eigenvalue weighted by molar-refractivity contribution is 5.85. The van der Waals surface area contributed by atoms with E-state index in [0.717, 1.165) is 62.2 Å². The van der Waals surface area contributed by atoms with Crippen molar-refractivity contribution in [2.45, 2.75) is 39.2 Å². The van der Waals surface area contributed by atoms with Crippen LogP contribution in [0.4, 0.5) is 0 Å². The Kier molecular flexibility index (Phi) is 6.93. The molecule has 2 saturated heterocycles. The SMILES string of the molecule is CC(C)Oc1cccc(CC(=O)N2CC[C@@H]3CNC[C@@H]3CC2)c1.Cl. The lowest BCUT2D eigenvalue weighted by Crippen LogP contribution is -2.33. The molecule has 2 atom stereocenters. The second kappa shape index (κ2) is 8.72. The summed E-state index contributed by atoms with van der Waals surface area (Å²) in [7, 11) is 0. The first-order valence-corrected chi connectivity index (χ1v) is 8.86. The fourth-order valence-corrected chi connectivity index (χ4v) is 3.75. The van der Waals surface area contributed by atoms with E-state index in [1.54, 1.807) is 0 Å². The Morgan fingerprint density at radius 2 is 1.92 bits per heavy atom. The van der Waals surface area contributed by atoms with E-state index in [1.165, 1.54) is 0 Å². The number of hydrogen-bond acceptors (Lipinski definition) is 3. The standard InChI is InChI=1S/C19H28N2O2.ClH/c1-14(2)23-18-5-3-4-15(10-18)11-19(22)21-8-6-16-12-20-13-17(16)7-9-21;/h3-5,10,14,16-17,20H,6-9,11-13H2,1-2H3;1H/t16-,17+;. The molecule has 1 aromatic carbocycles. The van der Waals surface area contributed by atoms with Crippen LogP contribution in [0.3, 0.4) is 0 Å². The van der Waals surface area contributed by atoms with Gasteiger partial charge in [0.05, 0.1) is 12.5 Å². The minimum Gasteiger partial charge on any atom is -0.491 e. The van der Waals surface area contributed by atoms with Crippen molar-refractivity contribution in [2.24, 2.45) is 11.8 Å². The van der Waals surface area contributed by atoms with Crippen LogP contribution in [0, 0.1) is 11.8 Å². The van der Waals surface area contributed by atoms with Crippen molar-refractivity contribution in [1.29, 1.82) is 0 Å². The highest BCUT2D eigenvalue weighted by atomic mass is 35.5. The lowest BCUT2D eigenvalue weighted by atomic mass is 9.92. The number of ether oxygens (including phenoxy) is 1. The molecule has 0 bridgehead atoms. The van der Waals surface area contributed by atoms with Crippen LogP contribution in [0.1, 0.15) is 32.3 Å². The molecule has 5 heteroatoms. The molecule has 0 spiro atoms. The Morgan fingerprint density at radius 1 is 1.25 bits per heavy atom. The molecular weight excluding hydrogens is 324 g/mol. The van der Waals surface area contributed by atoms with Crippen LogP contribution in [-0.4, -0.2) is 43.1 Å². The summed E-state index contributed by atoms with van der Waals surface area (Å²) in [5, 5.41) is 3.48. The minimum atomic E-state index is 0. The fraction of sp³-hybridized carbons (Fsp3) is 0.632. The number of nitrogens with zero attached hydrogens (tertiary/aromatic N) is 1. The van der Waals surface area contributed by atoms with Crippen LogP contribution in [0.5, 0.6) is 5.75 Å². The number of halogens is 1. The maximum Gasteiger partial charge on any atom is 0.226 e. The Balaban J connectivity index is 0.00000208. The van der Waals surface area contributed by atoms with Crippen molar-refractivity contribution >= 4 is 18.3 Å².